The van der Waals surface area contributed by atoms with Gasteiger partial charge in [-0.25, -0.2) is 0 Å². The van der Waals surface area contributed by atoms with E-state index in [1.807, 2.05) is 0 Å². The molecule has 1 saturated heterocycles. The van der Waals surface area contributed by atoms with Gasteiger partial charge in [0.15, 0.2) is 0 Å². The summed E-state index contributed by atoms with van der Waals surface area (Å²) in [7, 11) is 0. The Balaban J connectivity index is 2.09. The van der Waals surface area contributed by atoms with Gasteiger partial charge >= 0.3 is 0 Å². The summed E-state index contributed by atoms with van der Waals surface area (Å²) in [5.74, 6) is 0. The highest BCUT2D eigenvalue weighted by atomic mass is 15.2. The Kier molecular flexibility index (Phi) is 2.85. The molecule has 14 heavy (non-hydrogen) atoms. The zero-order valence-corrected chi connectivity index (χ0v) is 8.79. The van der Waals surface area contributed by atoms with E-state index < -0.39 is 0 Å². The van der Waals surface area contributed by atoms with Crippen molar-refractivity contribution >= 4 is 0 Å². The Morgan fingerprint density at radius 2 is 2.14 bits per heavy atom. The van der Waals surface area contributed by atoms with Crippen LogP contribution >= 0.6 is 0 Å². The lowest BCUT2D eigenvalue weighted by Gasteiger charge is -2.31. The molecular formula is C12H18N2. The van der Waals surface area contributed by atoms with Gasteiger partial charge in [-0.1, -0.05) is 18.2 Å². The monoisotopic (exact) mass is 190 g/mol. The van der Waals surface area contributed by atoms with Crippen molar-refractivity contribution in [1.82, 2.24) is 4.90 Å². The molecule has 1 aromatic rings. The van der Waals surface area contributed by atoms with Crippen LogP contribution in [-0.4, -0.2) is 18.0 Å². The van der Waals surface area contributed by atoms with Crippen LogP contribution in [-0.2, 0) is 13.1 Å². The molecule has 0 aromatic heterocycles. The summed E-state index contributed by atoms with van der Waals surface area (Å²) in [6.45, 7) is 6.45. The molecular weight excluding hydrogens is 172 g/mol. The standard InChI is InChI=1S/C12H18N2/c1-10-7-11(8-13)3-4-12(10)9-14-5-2-6-14/h3-4,7H,2,5-6,8-9,13H2,1H3. The largest absolute Gasteiger partial charge is 0.326 e. The number of rotatable bonds is 3. The summed E-state index contributed by atoms with van der Waals surface area (Å²) in [4.78, 5) is 2.48. The van der Waals surface area contributed by atoms with Gasteiger partial charge in [-0.05, 0) is 43.1 Å². The Labute approximate surface area is 85.7 Å². The third-order valence-electron chi connectivity index (χ3n) is 2.99. The lowest BCUT2D eigenvalue weighted by molar-refractivity contribution is 0.172. The first-order valence-corrected chi connectivity index (χ1v) is 5.30. The highest BCUT2D eigenvalue weighted by Crippen LogP contribution is 2.16. The van der Waals surface area contributed by atoms with Crippen molar-refractivity contribution in [3.63, 3.8) is 0 Å². The second kappa shape index (κ2) is 4.11. The van der Waals surface area contributed by atoms with E-state index in [1.54, 1.807) is 0 Å². The molecule has 0 aliphatic carbocycles. The average Bonchev–Trinajstić information content (AvgIpc) is 2.13. The number of hydrogen-bond acceptors (Lipinski definition) is 2. The van der Waals surface area contributed by atoms with E-state index in [-0.39, 0.29) is 0 Å². The van der Waals surface area contributed by atoms with Gasteiger partial charge in [-0.3, -0.25) is 4.90 Å². The van der Waals surface area contributed by atoms with Crippen molar-refractivity contribution in [3.05, 3.63) is 34.9 Å². The molecule has 0 saturated carbocycles. The first-order valence-electron chi connectivity index (χ1n) is 5.30. The normalized spacial score (nSPS) is 16.7. The quantitative estimate of drug-likeness (QED) is 0.785. The van der Waals surface area contributed by atoms with Crippen molar-refractivity contribution in [2.24, 2.45) is 5.73 Å². The zero-order chi connectivity index (χ0) is 9.97. The predicted octanol–water partition coefficient (Wildman–Crippen LogP) is 1.66. The number of nitrogens with two attached hydrogens (primary N) is 1. The zero-order valence-electron chi connectivity index (χ0n) is 8.79. The molecule has 1 fully saturated rings. The predicted molar refractivity (Wildman–Crippen MR) is 59.0 cm³/mol. The van der Waals surface area contributed by atoms with Crippen LogP contribution in [0.2, 0.25) is 0 Å². The van der Waals surface area contributed by atoms with E-state index in [0.29, 0.717) is 6.54 Å². The topological polar surface area (TPSA) is 29.3 Å². The van der Waals surface area contributed by atoms with E-state index in [2.05, 4.69) is 30.0 Å². The van der Waals surface area contributed by atoms with Crippen LogP contribution in [0.25, 0.3) is 0 Å². The molecule has 0 atom stereocenters. The second-order valence-corrected chi connectivity index (χ2v) is 4.09. The molecule has 1 aliphatic heterocycles. The van der Waals surface area contributed by atoms with Crippen molar-refractivity contribution in [2.75, 3.05) is 13.1 Å². The van der Waals surface area contributed by atoms with Gasteiger partial charge in [0.25, 0.3) is 0 Å². The average molecular weight is 190 g/mol. The molecule has 1 aliphatic rings. The Morgan fingerprint density at radius 1 is 1.36 bits per heavy atom. The molecule has 2 heteroatoms. The summed E-state index contributed by atoms with van der Waals surface area (Å²) < 4.78 is 0. The fourth-order valence-corrected chi connectivity index (χ4v) is 1.84. The summed E-state index contributed by atoms with van der Waals surface area (Å²) in [6, 6.07) is 6.56. The fraction of sp³-hybridized carbons (Fsp3) is 0.500. The minimum Gasteiger partial charge on any atom is -0.326 e. The summed E-state index contributed by atoms with van der Waals surface area (Å²) in [6.07, 6.45) is 1.36. The third-order valence-corrected chi connectivity index (χ3v) is 2.99. The van der Waals surface area contributed by atoms with Crippen LogP contribution in [0.3, 0.4) is 0 Å². The number of hydrogen-bond donors (Lipinski definition) is 1. The lowest BCUT2D eigenvalue weighted by Crippen LogP contribution is -2.36. The molecule has 0 unspecified atom stereocenters. The highest BCUT2D eigenvalue weighted by molar-refractivity contribution is 5.31. The maximum atomic E-state index is 5.60. The van der Waals surface area contributed by atoms with Gasteiger partial charge in [0.2, 0.25) is 0 Å². The molecule has 1 aromatic carbocycles. The van der Waals surface area contributed by atoms with E-state index in [1.165, 1.54) is 36.2 Å². The number of benzene rings is 1. The van der Waals surface area contributed by atoms with Gasteiger partial charge in [0.1, 0.15) is 0 Å². The van der Waals surface area contributed by atoms with Gasteiger partial charge in [-0.15, -0.1) is 0 Å². The van der Waals surface area contributed by atoms with Crippen LogP contribution in [0.15, 0.2) is 18.2 Å². The summed E-state index contributed by atoms with van der Waals surface area (Å²) >= 11 is 0. The van der Waals surface area contributed by atoms with E-state index in [0.717, 1.165) is 6.54 Å². The maximum absolute atomic E-state index is 5.60. The van der Waals surface area contributed by atoms with E-state index in [4.69, 9.17) is 5.73 Å². The molecule has 0 amide bonds. The van der Waals surface area contributed by atoms with Crippen LogP contribution in [0, 0.1) is 6.92 Å². The fourth-order valence-electron chi connectivity index (χ4n) is 1.84. The summed E-state index contributed by atoms with van der Waals surface area (Å²) in [5, 5.41) is 0. The van der Waals surface area contributed by atoms with Crippen LogP contribution in [0.4, 0.5) is 0 Å². The third kappa shape index (κ3) is 1.97. The first kappa shape index (κ1) is 9.69. The van der Waals surface area contributed by atoms with Gasteiger partial charge < -0.3 is 5.73 Å². The van der Waals surface area contributed by atoms with Gasteiger partial charge in [0.05, 0.1) is 0 Å². The molecule has 2 nitrogen and oxygen atoms in total. The molecule has 2 rings (SSSR count). The molecule has 0 radical (unpaired) electrons. The molecule has 76 valence electrons. The molecule has 0 bridgehead atoms. The minimum atomic E-state index is 0.644. The van der Waals surface area contributed by atoms with Crippen LogP contribution in [0.5, 0.6) is 0 Å². The van der Waals surface area contributed by atoms with Crippen molar-refractivity contribution in [3.8, 4) is 0 Å². The molecule has 1 heterocycles. The molecule has 2 N–H and O–H groups in total. The van der Waals surface area contributed by atoms with Crippen LogP contribution in [0.1, 0.15) is 23.1 Å². The second-order valence-electron chi connectivity index (χ2n) is 4.09. The van der Waals surface area contributed by atoms with E-state index in [9.17, 15) is 0 Å². The minimum absolute atomic E-state index is 0.644. The Hall–Kier alpha value is -0.860. The van der Waals surface area contributed by atoms with Gasteiger partial charge in [-0.2, -0.15) is 0 Å². The summed E-state index contributed by atoms with van der Waals surface area (Å²) in [5.41, 5.74) is 9.65. The number of aryl methyl sites for hydroxylation is 1. The molecule has 0 spiro atoms. The number of nitrogens with zero attached hydrogens (tertiary/aromatic N) is 1. The number of likely N-dealkylation sites (tertiary alicyclic amines) is 1. The Morgan fingerprint density at radius 3 is 2.64 bits per heavy atom. The Bertz CT molecular complexity index is 316. The highest BCUT2D eigenvalue weighted by Gasteiger charge is 2.14. The first-order chi connectivity index (χ1) is 6.79. The van der Waals surface area contributed by atoms with Crippen molar-refractivity contribution in [1.29, 1.82) is 0 Å². The SMILES string of the molecule is Cc1cc(CN)ccc1CN1CCC1. The van der Waals surface area contributed by atoms with Gasteiger partial charge in [0, 0.05) is 13.1 Å². The van der Waals surface area contributed by atoms with Crippen molar-refractivity contribution in [2.45, 2.75) is 26.4 Å². The van der Waals surface area contributed by atoms with Crippen molar-refractivity contribution < 1.29 is 0 Å². The maximum Gasteiger partial charge on any atom is 0.0236 e. The van der Waals surface area contributed by atoms with Crippen LogP contribution < -0.4 is 5.73 Å². The smallest absolute Gasteiger partial charge is 0.0236 e. The lowest BCUT2D eigenvalue weighted by atomic mass is 10.0. The van der Waals surface area contributed by atoms with E-state index >= 15 is 0 Å².